The number of aromatic nitrogens is 2. The number of hydrogen-bond donors (Lipinski definition) is 1. The van der Waals surface area contributed by atoms with E-state index in [0.717, 1.165) is 61.8 Å². The van der Waals surface area contributed by atoms with E-state index >= 15 is 0 Å². The third-order valence-electron chi connectivity index (χ3n) is 3.99. The Morgan fingerprint density at radius 2 is 2.25 bits per heavy atom. The first-order chi connectivity index (χ1) is 9.71. The minimum absolute atomic E-state index is 0.302. The lowest BCUT2D eigenvalue weighted by atomic mass is 10.0. The summed E-state index contributed by atoms with van der Waals surface area (Å²) in [6.45, 7) is 9.04. The molecule has 2 atom stereocenters. The molecule has 1 saturated heterocycles. The third-order valence-corrected chi connectivity index (χ3v) is 4.42. The number of rotatable bonds is 7. The van der Waals surface area contributed by atoms with Gasteiger partial charge in [-0.15, -0.1) is 0 Å². The van der Waals surface area contributed by atoms with Crippen LogP contribution in [0.15, 0.2) is 0 Å². The fourth-order valence-corrected chi connectivity index (χ4v) is 3.28. The summed E-state index contributed by atoms with van der Waals surface area (Å²) in [4.78, 5) is 0. The van der Waals surface area contributed by atoms with Gasteiger partial charge in [-0.1, -0.05) is 25.4 Å². The molecule has 1 N–H and O–H groups in total. The molecule has 0 amide bonds. The SMILES string of the molecule is CCNC(Cc1c(Cl)c(CC)nn1CC)C1CCCO1. The van der Waals surface area contributed by atoms with Crippen LogP contribution in [0.25, 0.3) is 0 Å². The van der Waals surface area contributed by atoms with E-state index in [1.807, 2.05) is 4.68 Å². The molecule has 1 aliphatic rings. The van der Waals surface area contributed by atoms with Crippen molar-refractivity contribution in [2.45, 2.75) is 65.1 Å². The van der Waals surface area contributed by atoms with Crippen molar-refractivity contribution in [3.05, 3.63) is 16.4 Å². The van der Waals surface area contributed by atoms with Crippen molar-refractivity contribution in [1.82, 2.24) is 15.1 Å². The first kappa shape index (κ1) is 15.8. The Labute approximate surface area is 126 Å². The number of hydrogen-bond acceptors (Lipinski definition) is 3. The lowest BCUT2D eigenvalue weighted by Gasteiger charge is -2.24. The monoisotopic (exact) mass is 299 g/mol. The highest BCUT2D eigenvalue weighted by Gasteiger charge is 2.28. The number of nitrogens with zero attached hydrogens (tertiary/aromatic N) is 2. The number of likely N-dealkylation sites (N-methyl/N-ethyl adjacent to an activating group) is 1. The summed E-state index contributed by atoms with van der Waals surface area (Å²) >= 11 is 6.51. The van der Waals surface area contributed by atoms with Crippen molar-refractivity contribution in [2.24, 2.45) is 0 Å². The van der Waals surface area contributed by atoms with Gasteiger partial charge in [0.25, 0.3) is 0 Å². The Hall–Kier alpha value is -0.580. The molecule has 0 aliphatic carbocycles. The third kappa shape index (κ3) is 3.35. The maximum absolute atomic E-state index is 6.51. The van der Waals surface area contributed by atoms with Crippen LogP contribution in [0.2, 0.25) is 5.02 Å². The molecule has 0 saturated carbocycles. The first-order valence-corrected chi connectivity index (χ1v) is 8.18. The van der Waals surface area contributed by atoms with Gasteiger partial charge in [-0.2, -0.15) is 5.10 Å². The second kappa shape index (κ2) is 7.43. The summed E-state index contributed by atoms with van der Waals surface area (Å²) < 4.78 is 7.89. The van der Waals surface area contributed by atoms with Crippen molar-refractivity contribution < 1.29 is 4.74 Å². The van der Waals surface area contributed by atoms with Crippen molar-refractivity contribution in [2.75, 3.05) is 13.2 Å². The average molecular weight is 300 g/mol. The molecule has 2 rings (SSSR count). The molecule has 0 aromatic carbocycles. The molecule has 0 spiro atoms. The van der Waals surface area contributed by atoms with E-state index in [9.17, 15) is 0 Å². The van der Waals surface area contributed by atoms with Crippen LogP contribution < -0.4 is 5.32 Å². The van der Waals surface area contributed by atoms with Gasteiger partial charge in [0.05, 0.1) is 22.5 Å². The molecule has 0 bridgehead atoms. The van der Waals surface area contributed by atoms with Crippen LogP contribution in [0.4, 0.5) is 0 Å². The molecule has 4 nitrogen and oxygen atoms in total. The number of aryl methyl sites for hydroxylation is 2. The molecule has 1 fully saturated rings. The van der Waals surface area contributed by atoms with E-state index in [-0.39, 0.29) is 0 Å². The van der Waals surface area contributed by atoms with Crippen LogP contribution in [0.3, 0.4) is 0 Å². The van der Waals surface area contributed by atoms with Crippen LogP contribution in [0.5, 0.6) is 0 Å². The summed E-state index contributed by atoms with van der Waals surface area (Å²) in [7, 11) is 0. The van der Waals surface area contributed by atoms with E-state index in [1.54, 1.807) is 0 Å². The predicted molar refractivity (Wildman–Crippen MR) is 82.4 cm³/mol. The maximum atomic E-state index is 6.51. The zero-order valence-electron chi connectivity index (χ0n) is 12.8. The Balaban J connectivity index is 2.18. The summed E-state index contributed by atoms with van der Waals surface area (Å²) in [5.41, 5.74) is 2.15. The molecule has 1 aromatic heterocycles. The van der Waals surface area contributed by atoms with Gasteiger partial charge in [0.15, 0.2) is 0 Å². The molecule has 1 aromatic rings. The molecule has 20 heavy (non-hydrogen) atoms. The second-order valence-electron chi connectivity index (χ2n) is 5.30. The lowest BCUT2D eigenvalue weighted by molar-refractivity contribution is 0.0783. The van der Waals surface area contributed by atoms with Crippen molar-refractivity contribution in [1.29, 1.82) is 0 Å². The average Bonchev–Trinajstić information content (AvgIpc) is 3.07. The van der Waals surface area contributed by atoms with Gasteiger partial charge in [-0.3, -0.25) is 4.68 Å². The Morgan fingerprint density at radius 3 is 2.80 bits per heavy atom. The topological polar surface area (TPSA) is 39.1 Å². The van der Waals surface area contributed by atoms with Gasteiger partial charge >= 0.3 is 0 Å². The quantitative estimate of drug-likeness (QED) is 0.841. The van der Waals surface area contributed by atoms with E-state index in [4.69, 9.17) is 16.3 Å². The highest BCUT2D eigenvalue weighted by atomic mass is 35.5. The van der Waals surface area contributed by atoms with Gasteiger partial charge in [-0.25, -0.2) is 0 Å². The Morgan fingerprint density at radius 1 is 1.45 bits per heavy atom. The molecule has 114 valence electrons. The smallest absolute Gasteiger partial charge is 0.0850 e. The molecule has 5 heteroatoms. The molecular formula is C15H26ClN3O. The number of ether oxygens (including phenoxy) is 1. The van der Waals surface area contributed by atoms with Gasteiger partial charge < -0.3 is 10.1 Å². The van der Waals surface area contributed by atoms with Crippen LogP contribution in [-0.4, -0.2) is 35.1 Å². The molecule has 1 aliphatic heterocycles. The Bertz CT molecular complexity index is 427. The zero-order chi connectivity index (χ0) is 14.5. The fourth-order valence-electron chi connectivity index (χ4n) is 2.94. The summed E-state index contributed by atoms with van der Waals surface area (Å²) in [6, 6.07) is 0.326. The highest BCUT2D eigenvalue weighted by molar-refractivity contribution is 6.31. The zero-order valence-corrected chi connectivity index (χ0v) is 13.5. The summed E-state index contributed by atoms with van der Waals surface area (Å²) in [6.07, 6.45) is 4.36. The van der Waals surface area contributed by atoms with Crippen LogP contribution in [0, 0.1) is 0 Å². The standard InChI is InChI=1S/C15H26ClN3O/c1-4-11-15(16)13(19(6-3)18-11)10-12(17-5-2)14-8-7-9-20-14/h12,14,17H,4-10H2,1-3H3. The molecular weight excluding hydrogens is 274 g/mol. The van der Waals surface area contributed by atoms with Gasteiger partial charge in [-0.05, 0) is 32.7 Å². The Kier molecular flexibility index (Phi) is 5.87. The summed E-state index contributed by atoms with van der Waals surface area (Å²) in [5.74, 6) is 0. The van der Waals surface area contributed by atoms with E-state index < -0.39 is 0 Å². The number of nitrogens with one attached hydrogen (secondary N) is 1. The van der Waals surface area contributed by atoms with Crippen LogP contribution >= 0.6 is 11.6 Å². The minimum atomic E-state index is 0.302. The molecule has 2 unspecified atom stereocenters. The van der Waals surface area contributed by atoms with Crippen molar-refractivity contribution in [3.63, 3.8) is 0 Å². The minimum Gasteiger partial charge on any atom is -0.377 e. The fraction of sp³-hybridized carbons (Fsp3) is 0.800. The number of halogens is 1. The van der Waals surface area contributed by atoms with Crippen LogP contribution in [-0.2, 0) is 24.1 Å². The molecule has 0 radical (unpaired) electrons. The summed E-state index contributed by atoms with van der Waals surface area (Å²) in [5, 5.41) is 9.00. The largest absolute Gasteiger partial charge is 0.377 e. The van der Waals surface area contributed by atoms with Gasteiger partial charge in [0.2, 0.25) is 0 Å². The molecule has 2 heterocycles. The van der Waals surface area contributed by atoms with E-state index in [2.05, 4.69) is 31.2 Å². The second-order valence-corrected chi connectivity index (χ2v) is 5.67. The van der Waals surface area contributed by atoms with E-state index in [0.29, 0.717) is 12.1 Å². The van der Waals surface area contributed by atoms with Gasteiger partial charge in [0, 0.05) is 25.6 Å². The lowest BCUT2D eigenvalue weighted by Crippen LogP contribution is -2.41. The predicted octanol–water partition coefficient (Wildman–Crippen LogP) is 2.82. The van der Waals surface area contributed by atoms with E-state index in [1.165, 1.54) is 0 Å². The van der Waals surface area contributed by atoms with Crippen molar-refractivity contribution in [3.8, 4) is 0 Å². The van der Waals surface area contributed by atoms with Gasteiger partial charge in [0.1, 0.15) is 0 Å². The van der Waals surface area contributed by atoms with Crippen molar-refractivity contribution >= 4 is 11.6 Å². The normalized spacial score (nSPS) is 20.5. The maximum Gasteiger partial charge on any atom is 0.0850 e. The first-order valence-electron chi connectivity index (χ1n) is 7.80. The van der Waals surface area contributed by atoms with Crippen LogP contribution in [0.1, 0.15) is 45.0 Å². The highest BCUT2D eigenvalue weighted by Crippen LogP contribution is 2.25.